The van der Waals surface area contributed by atoms with Gasteiger partial charge in [-0.25, -0.2) is 4.79 Å². The van der Waals surface area contributed by atoms with Crippen molar-refractivity contribution >= 4 is 35.0 Å². The topological polar surface area (TPSA) is 40.5 Å². The van der Waals surface area contributed by atoms with Crippen molar-refractivity contribution in [2.24, 2.45) is 0 Å². The Hall–Kier alpha value is -2.26. The fraction of sp³-hybridized carbons (Fsp3) is 0.118. The first-order chi connectivity index (χ1) is 9.97. The molecule has 0 saturated heterocycles. The number of carbonyl (C=O) groups is 1. The van der Waals surface area contributed by atoms with Gasteiger partial charge in [0.15, 0.2) is 0 Å². The van der Waals surface area contributed by atoms with Crippen LogP contribution in [0.2, 0.25) is 5.02 Å². The smallest absolute Gasteiger partial charge is 0.328 e. The fourth-order valence-corrected chi connectivity index (χ4v) is 2.25. The number of hydrogen-bond donors (Lipinski definition) is 1. The lowest BCUT2D eigenvalue weighted by molar-refractivity contribution is -0.131. The first-order valence-electron chi connectivity index (χ1n) is 6.48. The van der Waals surface area contributed by atoms with Crippen LogP contribution in [0, 0.1) is 6.92 Å². The lowest BCUT2D eigenvalue weighted by atomic mass is 10.1. The molecular weight excluding hydrogens is 286 g/mol. The number of hydrogen-bond acceptors (Lipinski definition) is 2. The van der Waals surface area contributed by atoms with Crippen LogP contribution >= 0.6 is 11.6 Å². The molecule has 0 aromatic heterocycles. The van der Waals surface area contributed by atoms with E-state index in [1.54, 1.807) is 12.1 Å². The van der Waals surface area contributed by atoms with Crippen LogP contribution in [0.1, 0.15) is 11.1 Å². The van der Waals surface area contributed by atoms with E-state index in [1.165, 1.54) is 0 Å². The molecule has 0 spiro atoms. The van der Waals surface area contributed by atoms with E-state index in [2.05, 4.69) is 6.07 Å². The maximum absolute atomic E-state index is 10.7. The van der Waals surface area contributed by atoms with Crippen molar-refractivity contribution in [1.29, 1.82) is 0 Å². The van der Waals surface area contributed by atoms with Gasteiger partial charge in [0.2, 0.25) is 0 Å². The zero-order chi connectivity index (χ0) is 15.4. The Labute approximate surface area is 129 Å². The summed E-state index contributed by atoms with van der Waals surface area (Å²) in [6, 6.07) is 13.5. The van der Waals surface area contributed by atoms with Gasteiger partial charge in [-0.1, -0.05) is 29.8 Å². The summed E-state index contributed by atoms with van der Waals surface area (Å²) in [5, 5.41) is 9.39. The Kier molecular flexibility index (Phi) is 4.66. The van der Waals surface area contributed by atoms with Crippen LogP contribution in [0.4, 0.5) is 11.4 Å². The summed E-state index contributed by atoms with van der Waals surface area (Å²) in [7, 11) is 1.93. The van der Waals surface area contributed by atoms with E-state index in [0.717, 1.165) is 28.6 Å². The zero-order valence-corrected chi connectivity index (χ0v) is 12.6. The highest BCUT2D eigenvalue weighted by Crippen LogP contribution is 2.31. The molecule has 0 aliphatic heterocycles. The molecule has 108 valence electrons. The summed E-state index contributed by atoms with van der Waals surface area (Å²) >= 11 is 6.08. The van der Waals surface area contributed by atoms with E-state index in [0.29, 0.717) is 5.02 Å². The average molecular weight is 302 g/mol. The molecule has 0 bridgehead atoms. The van der Waals surface area contributed by atoms with Gasteiger partial charge in [0.25, 0.3) is 0 Å². The van der Waals surface area contributed by atoms with Gasteiger partial charge in [0, 0.05) is 29.5 Å². The second-order valence-corrected chi connectivity index (χ2v) is 5.21. The van der Waals surface area contributed by atoms with Crippen molar-refractivity contribution in [2.45, 2.75) is 6.92 Å². The number of carboxylic acid groups (broad SMARTS) is 1. The van der Waals surface area contributed by atoms with E-state index < -0.39 is 5.97 Å². The number of aryl methyl sites for hydroxylation is 1. The predicted octanol–water partition coefficient (Wildman–Crippen LogP) is 4.51. The number of benzene rings is 2. The molecule has 0 fully saturated rings. The molecule has 0 heterocycles. The predicted molar refractivity (Wildman–Crippen MR) is 87.4 cm³/mol. The zero-order valence-electron chi connectivity index (χ0n) is 11.9. The molecule has 1 N–H and O–H groups in total. The SMILES string of the molecule is Cc1cccc(N(C)c2cc(Cl)ccc2/C=C/C(=O)O)c1. The number of rotatable bonds is 4. The molecule has 0 unspecified atom stereocenters. The van der Waals surface area contributed by atoms with Crippen molar-refractivity contribution in [3.63, 3.8) is 0 Å². The second-order valence-electron chi connectivity index (χ2n) is 4.77. The summed E-state index contributed by atoms with van der Waals surface area (Å²) in [4.78, 5) is 12.7. The molecule has 2 aromatic rings. The summed E-state index contributed by atoms with van der Waals surface area (Å²) in [5.41, 5.74) is 3.82. The third kappa shape index (κ3) is 3.86. The van der Waals surface area contributed by atoms with Crippen molar-refractivity contribution in [3.05, 3.63) is 64.7 Å². The van der Waals surface area contributed by atoms with Crippen LogP contribution in [0.3, 0.4) is 0 Å². The molecule has 0 amide bonds. The van der Waals surface area contributed by atoms with Gasteiger partial charge in [0.05, 0.1) is 0 Å². The molecule has 4 heteroatoms. The molecule has 2 rings (SSSR count). The van der Waals surface area contributed by atoms with Gasteiger partial charge in [0.1, 0.15) is 0 Å². The summed E-state index contributed by atoms with van der Waals surface area (Å²) in [5.74, 6) is -0.978. The monoisotopic (exact) mass is 301 g/mol. The van der Waals surface area contributed by atoms with Gasteiger partial charge >= 0.3 is 5.97 Å². The molecule has 0 saturated carbocycles. The Bertz CT molecular complexity index is 695. The Morgan fingerprint density at radius 1 is 1.24 bits per heavy atom. The highest BCUT2D eigenvalue weighted by atomic mass is 35.5. The van der Waals surface area contributed by atoms with Crippen molar-refractivity contribution < 1.29 is 9.90 Å². The highest BCUT2D eigenvalue weighted by Gasteiger charge is 2.09. The molecule has 0 atom stereocenters. The Morgan fingerprint density at radius 2 is 2.00 bits per heavy atom. The lowest BCUT2D eigenvalue weighted by Gasteiger charge is -2.22. The minimum atomic E-state index is -0.978. The van der Waals surface area contributed by atoms with Gasteiger partial charge in [-0.15, -0.1) is 0 Å². The van der Waals surface area contributed by atoms with Gasteiger partial charge < -0.3 is 10.0 Å². The number of halogens is 1. The van der Waals surface area contributed by atoms with E-state index in [4.69, 9.17) is 16.7 Å². The number of aliphatic carboxylic acids is 1. The maximum atomic E-state index is 10.7. The van der Waals surface area contributed by atoms with E-state index in [1.807, 2.05) is 49.2 Å². The van der Waals surface area contributed by atoms with Crippen LogP contribution in [-0.4, -0.2) is 18.1 Å². The third-order valence-electron chi connectivity index (χ3n) is 3.15. The second kappa shape index (κ2) is 6.46. The van der Waals surface area contributed by atoms with Crippen molar-refractivity contribution in [3.8, 4) is 0 Å². The highest BCUT2D eigenvalue weighted by molar-refractivity contribution is 6.31. The Morgan fingerprint density at radius 3 is 2.67 bits per heavy atom. The standard InChI is InChI=1S/C17H16ClNO2/c1-12-4-3-5-15(10-12)19(2)16-11-14(18)8-6-13(16)7-9-17(20)21/h3-11H,1-2H3,(H,20,21)/b9-7+. The van der Waals surface area contributed by atoms with Gasteiger partial charge in [-0.2, -0.15) is 0 Å². The Balaban J connectivity index is 2.46. The number of nitrogens with zero attached hydrogens (tertiary/aromatic N) is 1. The van der Waals surface area contributed by atoms with Crippen LogP contribution < -0.4 is 4.90 Å². The van der Waals surface area contributed by atoms with Gasteiger partial charge in [-0.05, 0) is 48.4 Å². The largest absolute Gasteiger partial charge is 0.478 e. The normalized spacial score (nSPS) is 10.8. The number of carboxylic acids is 1. The molecule has 2 aromatic carbocycles. The summed E-state index contributed by atoms with van der Waals surface area (Å²) in [6.07, 6.45) is 2.69. The van der Waals surface area contributed by atoms with E-state index >= 15 is 0 Å². The third-order valence-corrected chi connectivity index (χ3v) is 3.38. The van der Waals surface area contributed by atoms with Crippen LogP contribution in [0.25, 0.3) is 6.08 Å². The molecule has 0 aliphatic carbocycles. The van der Waals surface area contributed by atoms with E-state index in [-0.39, 0.29) is 0 Å². The molecular formula is C17H16ClNO2. The fourth-order valence-electron chi connectivity index (χ4n) is 2.08. The molecule has 21 heavy (non-hydrogen) atoms. The molecule has 0 aliphatic rings. The first kappa shape index (κ1) is 15.1. The first-order valence-corrected chi connectivity index (χ1v) is 6.86. The maximum Gasteiger partial charge on any atom is 0.328 e. The summed E-state index contributed by atoms with van der Waals surface area (Å²) in [6.45, 7) is 2.03. The minimum Gasteiger partial charge on any atom is -0.478 e. The molecule has 0 radical (unpaired) electrons. The van der Waals surface area contributed by atoms with Crippen molar-refractivity contribution in [2.75, 3.05) is 11.9 Å². The van der Waals surface area contributed by atoms with Crippen LogP contribution in [-0.2, 0) is 4.79 Å². The van der Waals surface area contributed by atoms with Gasteiger partial charge in [-0.3, -0.25) is 0 Å². The lowest BCUT2D eigenvalue weighted by Crippen LogP contribution is -2.11. The van der Waals surface area contributed by atoms with Crippen LogP contribution in [0.5, 0.6) is 0 Å². The van der Waals surface area contributed by atoms with E-state index in [9.17, 15) is 4.79 Å². The minimum absolute atomic E-state index is 0.608. The van der Waals surface area contributed by atoms with Crippen molar-refractivity contribution in [1.82, 2.24) is 0 Å². The summed E-state index contributed by atoms with van der Waals surface area (Å²) < 4.78 is 0. The number of anilines is 2. The average Bonchev–Trinajstić information content (AvgIpc) is 2.45. The van der Waals surface area contributed by atoms with Crippen LogP contribution in [0.15, 0.2) is 48.5 Å². The molecule has 3 nitrogen and oxygen atoms in total. The quantitative estimate of drug-likeness (QED) is 0.844.